The highest BCUT2D eigenvalue weighted by Gasteiger charge is 2.37. The Labute approximate surface area is 125 Å². The molecule has 0 aromatic heterocycles. The first kappa shape index (κ1) is 13.9. The molecule has 0 spiro atoms. The number of hydrogen-bond acceptors (Lipinski definition) is 4. The summed E-state index contributed by atoms with van der Waals surface area (Å²) in [4.78, 5) is 36.6. The molecule has 1 saturated heterocycles. The van der Waals surface area contributed by atoms with Crippen LogP contribution >= 0.6 is 11.8 Å². The summed E-state index contributed by atoms with van der Waals surface area (Å²) in [5, 5.41) is 11.8. The van der Waals surface area contributed by atoms with Gasteiger partial charge in [-0.05, 0) is 11.1 Å². The van der Waals surface area contributed by atoms with Crippen LogP contribution in [0.15, 0.2) is 24.3 Å². The minimum absolute atomic E-state index is 0.141. The maximum Gasteiger partial charge on any atom is 0.312 e. The maximum absolute atomic E-state index is 12.4. The molecule has 2 N–H and O–H groups in total. The molecule has 1 aromatic rings. The van der Waals surface area contributed by atoms with Crippen molar-refractivity contribution in [1.82, 2.24) is 10.2 Å². The van der Waals surface area contributed by atoms with Crippen LogP contribution in [0.4, 0.5) is 4.79 Å². The van der Waals surface area contributed by atoms with Crippen molar-refractivity contribution < 1.29 is 19.5 Å². The molecule has 21 heavy (non-hydrogen) atoms. The number of thioether (sulfide) groups is 1. The van der Waals surface area contributed by atoms with Crippen molar-refractivity contribution in [1.29, 1.82) is 0 Å². The molecule has 0 saturated carbocycles. The molecule has 0 radical (unpaired) electrons. The summed E-state index contributed by atoms with van der Waals surface area (Å²) in [5.41, 5.74) is 1.61. The number of carboxylic acid groups (broad SMARTS) is 1. The topological polar surface area (TPSA) is 86.7 Å². The Balaban J connectivity index is 1.84. The molecule has 0 aliphatic carbocycles. The molecule has 2 amide bonds. The van der Waals surface area contributed by atoms with Crippen LogP contribution in [-0.2, 0) is 16.1 Å². The number of carboxylic acids is 1. The smallest absolute Gasteiger partial charge is 0.312 e. The van der Waals surface area contributed by atoms with E-state index in [1.165, 1.54) is 4.90 Å². The van der Waals surface area contributed by atoms with Crippen LogP contribution in [0, 0.1) is 0 Å². The zero-order chi connectivity index (χ0) is 15.0. The number of amides is 2. The van der Waals surface area contributed by atoms with Gasteiger partial charge in [0.05, 0.1) is 5.92 Å². The lowest BCUT2D eigenvalue weighted by atomic mass is 9.89. The second-order valence-corrected chi connectivity index (χ2v) is 6.10. The zero-order valence-electron chi connectivity index (χ0n) is 11.1. The van der Waals surface area contributed by atoms with E-state index in [2.05, 4.69) is 5.32 Å². The minimum Gasteiger partial charge on any atom is -0.481 e. The van der Waals surface area contributed by atoms with Gasteiger partial charge in [-0.3, -0.25) is 14.4 Å². The van der Waals surface area contributed by atoms with Gasteiger partial charge in [0.15, 0.2) is 0 Å². The van der Waals surface area contributed by atoms with Crippen LogP contribution in [-0.4, -0.2) is 45.5 Å². The second-order valence-electron chi connectivity index (χ2n) is 5.10. The molecule has 7 heteroatoms. The molecule has 0 bridgehead atoms. The number of benzene rings is 1. The summed E-state index contributed by atoms with van der Waals surface area (Å²) in [7, 11) is 0. The third-order valence-corrected chi connectivity index (χ3v) is 4.66. The van der Waals surface area contributed by atoms with E-state index in [0.717, 1.165) is 22.9 Å². The highest BCUT2D eigenvalue weighted by molar-refractivity contribution is 8.14. The molecule has 110 valence electrons. The van der Waals surface area contributed by atoms with Gasteiger partial charge in [-0.1, -0.05) is 36.0 Å². The van der Waals surface area contributed by atoms with Crippen molar-refractivity contribution in [2.75, 3.05) is 12.3 Å². The van der Waals surface area contributed by atoms with Gasteiger partial charge in [-0.15, -0.1) is 0 Å². The number of fused-ring (bicyclic) bond motifs is 1. The number of rotatable bonds is 2. The standard InChI is InChI=1S/C14H14N2O4S/c17-12(11-7-21-14(20)15-11)16-5-8-3-1-2-4-9(8)10(6-16)13(18)19/h1-4,10-11H,5-7H2,(H,15,20)(H,18,19). The van der Waals surface area contributed by atoms with Crippen LogP contribution in [0.1, 0.15) is 17.0 Å². The van der Waals surface area contributed by atoms with Gasteiger partial charge in [0.2, 0.25) is 5.91 Å². The van der Waals surface area contributed by atoms with E-state index in [1.54, 1.807) is 12.1 Å². The SMILES string of the molecule is O=C1NC(C(=O)N2Cc3ccccc3C(C(=O)O)C2)CS1. The largest absolute Gasteiger partial charge is 0.481 e. The number of aliphatic carboxylic acids is 1. The van der Waals surface area contributed by atoms with E-state index in [-0.39, 0.29) is 17.7 Å². The van der Waals surface area contributed by atoms with E-state index in [1.807, 2.05) is 12.1 Å². The molecule has 2 heterocycles. The Bertz CT molecular complexity index is 619. The van der Waals surface area contributed by atoms with E-state index < -0.39 is 17.9 Å². The molecule has 2 unspecified atom stereocenters. The summed E-state index contributed by atoms with van der Waals surface area (Å²) < 4.78 is 0. The number of carbonyl (C=O) groups excluding carboxylic acids is 2. The van der Waals surface area contributed by atoms with Gasteiger partial charge in [0, 0.05) is 18.8 Å². The minimum atomic E-state index is -0.940. The molecular weight excluding hydrogens is 292 g/mol. The van der Waals surface area contributed by atoms with Crippen LogP contribution in [0.5, 0.6) is 0 Å². The molecule has 1 fully saturated rings. The average Bonchev–Trinajstić information content (AvgIpc) is 2.91. The summed E-state index contributed by atoms with van der Waals surface area (Å²) >= 11 is 1.08. The van der Waals surface area contributed by atoms with Crippen LogP contribution < -0.4 is 5.32 Å². The van der Waals surface area contributed by atoms with Crippen LogP contribution in [0.3, 0.4) is 0 Å². The predicted molar refractivity (Wildman–Crippen MR) is 77.0 cm³/mol. The molecule has 2 aliphatic heterocycles. The van der Waals surface area contributed by atoms with E-state index in [9.17, 15) is 19.5 Å². The highest BCUT2D eigenvalue weighted by Crippen LogP contribution is 2.29. The van der Waals surface area contributed by atoms with Crippen molar-refractivity contribution in [3.63, 3.8) is 0 Å². The number of hydrogen-bond donors (Lipinski definition) is 2. The lowest BCUT2D eigenvalue weighted by Crippen LogP contribution is -2.49. The van der Waals surface area contributed by atoms with E-state index in [0.29, 0.717) is 12.3 Å². The monoisotopic (exact) mass is 306 g/mol. The third-order valence-electron chi connectivity index (χ3n) is 3.78. The lowest BCUT2D eigenvalue weighted by Gasteiger charge is -2.34. The molecule has 2 aliphatic rings. The summed E-state index contributed by atoms with van der Waals surface area (Å²) in [6.45, 7) is 0.526. The Morgan fingerprint density at radius 1 is 1.33 bits per heavy atom. The van der Waals surface area contributed by atoms with Gasteiger partial charge in [0.1, 0.15) is 6.04 Å². The molecule has 3 rings (SSSR count). The second kappa shape index (κ2) is 5.40. The lowest BCUT2D eigenvalue weighted by molar-refractivity contribution is -0.141. The summed E-state index contributed by atoms with van der Waals surface area (Å²) in [5.74, 6) is -1.48. The first-order chi connectivity index (χ1) is 10.1. The van der Waals surface area contributed by atoms with E-state index >= 15 is 0 Å². The first-order valence-corrected chi connectivity index (χ1v) is 7.57. The average molecular weight is 306 g/mol. The quantitative estimate of drug-likeness (QED) is 0.852. The van der Waals surface area contributed by atoms with Crippen molar-refractivity contribution in [3.05, 3.63) is 35.4 Å². The van der Waals surface area contributed by atoms with Gasteiger partial charge < -0.3 is 15.3 Å². The van der Waals surface area contributed by atoms with E-state index in [4.69, 9.17) is 0 Å². The molecule has 2 atom stereocenters. The number of carbonyl (C=O) groups is 3. The first-order valence-electron chi connectivity index (χ1n) is 6.59. The number of nitrogens with zero attached hydrogens (tertiary/aromatic N) is 1. The molecule has 1 aromatic carbocycles. The predicted octanol–water partition coefficient (Wildman–Crippen LogP) is 1.02. The third kappa shape index (κ3) is 2.61. The van der Waals surface area contributed by atoms with Gasteiger partial charge >= 0.3 is 5.97 Å². The van der Waals surface area contributed by atoms with Gasteiger partial charge in [0.25, 0.3) is 5.24 Å². The zero-order valence-corrected chi connectivity index (χ0v) is 11.9. The molecular formula is C14H14N2O4S. The van der Waals surface area contributed by atoms with Crippen LogP contribution in [0.25, 0.3) is 0 Å². The highest BCUT2D eigenvalue weighted by atomic mass is 32.2. The fourth-order valence-electron chi connectivity index (χ4n) is 2.72. The summed E-state index contributed by atoms with van der Waals surface area (Å²) in [6, 6.07) is 6.72. The summed E-state index contributed by atoms with van der Waals surface area (Å²) in [6.07, 6.45) is 0. The van der Waals surface area contributed by atoms with Crippen LogP contribution in [0.2, 0.25) is 0 Å². The van der Waals surface area contributed by atoms with Crippen molar-refractivity contribution in [2.24, 2.45) is 0 Å². The Kier molecular flexibility index (Phi) is 3.59. The van der Waals surface area contributed by atoms with Gasteiger partial charge in [-0.25, -0.2) is 0 Å². The van der Waals surface area contributed by atoms with Gasteiger partial charge in [-0.2, -0.15) is 0 Å². The Morgan fingerprint density at radius 2 is 2.10 bits per heavy atom. The number of nitrogens with one attached hydrogen (secondary N) is 1. The van der Waals surface area contributed by atoms with Crippen molar-refractivity contribution in [2.45, 2.75) is 18.5 Å². The Morgan fingerprint density at radius 3 is 2.76 bits per heavy atom. The maximum atomic E-state index is 12.4. The molecule has 6 nitrogen and oxygen atoms in total. The Hall–Kier alpha value is -2.02. The normalized spacial score (nSPS) is 24.4. The van der Waals surface area contributed by atoms with Crippen molar-refractivity contribution in [3.8, 4) is 0 Å². The fraction of sp³-hybridized carbons (Fsp3) is 0.357. The van der Waals surface area contributed by atoms with Crippen molar-refractivity contribution >= 4 is 28.9 Å². The fourth-order valence-corrected chi connectivity index (χ4v) is 3.49.